The number of aliphatic carboxylic acids is 1. The number of rotatable bonds is 3. The van der Waals surface area contributed by atoms with Crippen molar-refractivity contribution >= 4 is 11.9 Å². The predicted octanol–water partition coefficient (Wildman–Crippen LogP) is 0.463. The molecule has 2 rings (SSSR count). The average molecular weight is 248 g/mol. The molecule has 2 atom stereocenters. The Morgan fingerprint density at radius 1 is 1.44 bits per heavy atom. The van der Waals surface area contributed by atoms with E-state index >= 15 is 0 Å². The fourth-order valence-corrected chi connectivity index (χ4v) is 2.11. The number of fused-ring (bicyclic) bond motifs is 1. The molecule has 1 unspecified atom stereocenters. The van der Waals surface area contributed by atoms with Gasteiger partial charge in [-0.15, -0.1) is 0 Å². The zero-order valence-corrected chi connectivity index (χ0v) is 10.1. The van der Waals surface area contributed by atoms with Crippen LogP contribution >= 0.6 is 0 Å². The number of carbonyl (C=O) groups is 2. The highest BCUT2D eigenvalue weighted by Gasteiger charge is 2.27. The number of benzene rings is 1. The van der Waals surface area contributed by atoms with Gasteiger partial charge in [-0.1, -0.05) is 24.3 Å². The van der Waals surface area contributed by atoms with E-state index in [0.29, 0.717) is 6.54 Å². The number of hydrogen-bond acceptors (Lipinski definition) is 3. The Balaban J connectivity index is 2.15. The van der Waals surface area contributed by atoms with E-state index in [-0.39, 0.29) is 11.8 Å². The number of carboxylic acid groups (broad SMARTS) is 1. The van der Waals surface area contributed by atoms with Gasteiger partial charge < -0.3 is 15.7 Å². The molecule has 1 aliphatic rings. The van der Waals surface area contributed by atoms with Gasteiger partial charge in [-0.05, 0) is 18.1 Å². The number of carbonyl (C=O) groups excluding carboxylic acids is 1. The molecule has 96 valence electrons. The molecule has 1 amide bonds. The van der Waals surface area contributed by atoms with Gasteiger partial charge in [-0.3, -0.25) is 9.59 Å². The van der Waals surface area contributed by atoms with Gasteiger partial charge in [-0.2, -0.15) is 0 Å². The first kappa shape index (κ1) is 12.6. The topological polar surface area (TPSA) is 78.4 Å². The van der Waals surface area contributed by atoms with Crippen LogP contribution in [0.2, 0.25) is 0 Å². The predicted molar refractivity (Wildman–Crippen MR) is 66.1 cm³/mol. The molecule has 1 heterocycles. The van der Waals surface area contributed by atoms with Crippen molar-refractivity contribution in [1.82, 2.24) is 10.6 Å². The van der Waals surface area contributed by atoms with Gasteiger partial charge in [-0.25, -0.2) is 0 Å². The Labute approximate surface area is 105 Å². The minimum Gasteiger partial charge on any atom is -0.480 e. The van der Waals surface area contributed by atoms with Crippen LogP contribution in [0.25, 0.3) is 0 Å². The smallest absolute Gasteiger partial charge is 0.325 e. The lowest BCUT2D eigenvalue weighted by atomic mass is 9.90. The molecule has 3 N–H and O–H groups in total. The van der Waals surface area contributed by atoms with Gasteiger partial charge in [0.15, 0.2) is 0 Å². The van der Waals surface area contributed by atoms with Crippen molar-refractivity contribution in [3.05, 3.63) is 35.4 Å². The van der Waals surface area contributed by atoms with E-state index in [1.807, 2.05) is 24.3 Å². The molecule has 1 aromatic carbocycles. The van der Waals surface area contributed by atoms with Crippen molar-refractivity contribution in [2.24, 2.45) is 0 Å². The second kappa shape index (κ2) is 5.18. The van der Waals surface area contributed by atoms with Crippen LogP contribution in [0.3, 0.4) is 0 Å². The second-order valence-corrected chi connectivity index (χ2v) is 4.45. The van der Waals surface area contributed by atoms with E-state index in [1.54, 1.807) is 0 Å². The van der Waals surface area contributed by atoms with Gasteiger partial charge in [0.1, 0.15) is 6.04 Å². The molecule has 0 aliphatic carbocycles. The van der Waals surface area contributed by atoms with E-state index in [9.17, 15) is 9.59 Å². The summed E-state index contributed by atoms with van der Waals surface area (Å²) in [4.78, 5) is 22.8. The summed E-state index contributed by atoms with van der Waals surface area (Å²) in [6.45, 7) is 2.74. The fraction of sp³-hybridized carbons (Fsp3) is 0.385. The van der Waals surface area contributed by atoms with Crippen LogP contribution in [-0.2, 0) is 16.1 Å². The molecule has 18 heavy (non-hydrogen) atoms. The van der Waals surface area contributed by atoms with Crippen molar-refractivity contribution in [1.29, 1.82) is 0 Å². The maximum atomic E-state index is 12.1. The van der Waals surface area contributed by atoms with E-state index < -0.39 is 12.0 Å². The summed E-state index contributed by atoms with van der Waals surface area (Å²) in [7, 11) is 0. The highest BCUT2D eigenvalue weighted by Crippen LogP contribution is 2.23. The van der Waals surface area contributed by atoms with Crippen LogP contribution in [0.15, 0.2) is 24.3 Å². The SMILES string of the molecule is C[C@H](NC(=O)C1CNCc2ccccc21)C(=O)O. The molecule has 0 fully saturated rings. The molecule has 0 radical (unpaired) electrons. The molecule has 0 aromatic heterocycles. The zero-order valence-electron chi connectivity index (χ0n) is 10.1. The summed E-state index contributed by atoms with van der Waals surface area (Å²) < 4.78 is 0. The third-order valence-corrected chi connectivity index (χ3v) is 3.14. The highest BCUT2D eigenvalue weighted by molar-refractivity contribution is 5.88. The minimum absolute atomic E-state index is 0.246. The Bertz CT molecular complexity index is 473. The lowest BCUT2D eigenvalue weighted by molar-refractivity contribution is -0.141. The average Bonchev–Trinajstić information content (AvgIpc) is 2.37. The summed E-state index contributed by atoms with van der Waals surface area (Å²) >= 11 is 0. The number of hydrogen-bond donors (Lipinski definition) is 3. The summed E-state index contributed by atoms with van der Waals surface area (Å²) in [5.41, 5.74) is 2.07. The summed E-state index contributed by atoms with van der Waals surface area (Å²) in [5.74, 6) is -1.60. The van der Waals surface area contributed by atoms with Crippen LogP contribution in [0.1, 0.15) is 24.0 Å². The Hall–Kier alpha value is -1.88. The Morgan fingerprint density at radius 3 is 2.89 bits per heavy atom. The van der Waals surface area contributed by atoms with E-state index in [0.717, 1.165) is 17.7 Å². The standard InChI is InChI=1S/C13H16N2O3/c1-8(13(17)18)15-12(16)11-7-14-6-9-4-2-3-5-10(9)11/h2-5,8,11,14H,6-7H2,1H3,(H,15,16)(H,17,18)/t8-,11?/m0/s1. The largest absolute Gasteiger partial charge is 0.480 e. The van der Waals surface area contributed by atoms with Crippen molar-refractivity contribution in [3.63, 3.8) is 0 Å². The lowest BCUT2D eigenvalue weighted by Gasteiger charge is -2.26. The maximum Gasteiger partial charge on any atom is 0.325 e. The maximum absolute atomic E-state index is 12.1. The third-order valence-electron chi connectivity index (χ3n) is 3.14. The molecule has 5 heteroatoms. The normalized spacial score (nSPS) is 19.7. The van der Waals surface area contributed by atoms with Crippen molar-refractivity contribution < 1.29 is 14.7 Å². The Morgan fingerprint density at radius 2 is 2.17 bits per heavy atom. The van der Waals surface area contributed by atoms with Gasteiger partial charge in [0.2, 0.25) is 5.91 Å². The van der Waals surface area contributed by atoms with Crippen LogP contribution in [-0.4, -0.2) is 29.6 Å². The molecule has 1 aromatic rings. The first-order valence-electron chi connectivity index (χ1n) is 5.91. The first-order chi connectivity index (χ1) is 8.59. The van der Waals surface area contributed by atoms with Crippen LogP contribution < -0.4 is 10.6 Å². The molecule has 0 spiro atoms. The van der Waals surface area contributed by atoms with Crippen LogP contribution in [0.4, 0.5) is 0 Å². The molecular weight excluding hydrogens is 232 g/mol. The number of amides is 1. The monoisotopic (exact) mass is 248 g/mol. The fourth-order valence-electron chi connectivity index (χ4n) is 2.11. The molecule has 0 bridgehead atoms. The highest BCUT2D eigenvalue weighted by atomic mass is 16.4. The van der Waals surface area contributed by atoms with E-state index in [2.05, 4.69) is 10.6 Å². The second-order valence-electron chi connectivity index (χ2n) is 4.45. The lowest BCUT2D eigenvalue weighted by Crippen LogP contribution is -2.44. The van der Waals surface area contributed by atoms with E-state index in [4.69, 9.17) is 5.11 Å². The van der Waals surface area contributed by atoms with E-state index in [1.165, 1.54) is 6.92 Å². The zero-order chi connectivity index (χ0) is 13.1. The van der Waals surface area contributed by atoms with Crippen LogP contribution in [0.5, 0.6) is 0 Å². The first-order valence-corrected chi connectivity index (χ1v) is 5.91. The van der Waals surface area contributed by atoms with Crippen LogP contribution in [0, 0.1) is 0 Å². The van der Waals surface area contributed by atoms with Gasteiger partial charge in [0.05, 0.1) is 5.92 Å². The van der Waals surface area contributed by atoms with Crippen molar-refractivity contribution in [2.75, 3.05) is 6.54 Å². The Kier molecular flexibility index (Phi) is 3.62. The third kappa shape index (κ3) is 2.51. The van der Waals surface area contributed by atoms with Crippen molar-refractivity contribution in [2.45, 2.75) is 25.4 Å². The molecule has 1 aliphatic heterocycles. The molecule has 0 saturated heterocycles. The molecular formula is C13H16N2O3. The molecule has 0 saturated carbocycles. The van der Waals surface area contributed by atoms with Gasteiger partial charge in [0.25, 0.3) is 0 Å². The molecule has 5 nitrogen and oxygen atoms in total. The van der Waals surface area contributed by atoms with Gasteiger partial charge >= 0.3 is 5.97 Å². The number of carboxylic acids is 1. The summed E-state index contributed by atoms with van der Waals surface area (Å²) in [5, 5.41) is 14.5. The van der Waals surface area contributed by atoms with Crippen molar-refractivity contribution in [3.8, 4) is 0 Å². The number of nitrogens with one attached hydrogen (secondary N) is 2. The van der Waals surface area contributed by atoms with Gasteiger partial charge in [0, 0.05) is 13.1 Å². The summed E-state index contributed by atoms with van der Waals surface area (Å²) in [6.07, 6.45) is 0. The summed E-state index contributed by atoms with van der Waals surface area (Å²) in [6, 6.07) is 6.85. The quantitative estimate of drug-likeness (QED) is 0.726. The minimum atomic E-state index is -1.03.